The molecule has 0 radical (unpaired) electrons. The maximum absolute atomic E-state index is 12.5. The second-order valence-corrected chi connectivity index (χ2v) is 7.19. The molecule has 0 saturated carbocycles. The van der Waals surface area contributed by atoms with Gasteiger partial charge >= 0.3 is 12.0 Å². The van der Waals surface area contributed by atoms with Gasteiger partial charge in [-0.2, -0.15) is 0 Å². The Morgan fingerprint density at radius 3 is 2.81 bits per heavy atom. The van der Waals surface area contributed by atoms with Crippen molar-refractivity contribution < 1.29 is 14.7 Å². The standard InChI is InChI=1S/C15H22N2O3S/c1-10(11-6-4-9-21-11)16-14(20)17-8-5-7-15(2,3)12(17)13(18)19/h4,6,9-10,12H,5,7-8H2,1-3H3,(H,16,20)(H,18,19). The summed E-state index contributed by atoms with van der Waals surface area (Å²) in [5.74, 6) is -0.932. The first-order valence-electron chi connectivity index (χ1n) is 7.16. The van der Waals surface area contributed by atoms with Crippen molar-refractivity contribution in [3.8, 4) is 0 Å². The Labute approximate surface area is 129 Å². The molecule has 2 unspecified atom stereocenters. The Bertz CT molecular complexity index is 513. The summed E-state index contributed by atoms with van der Waals surface area (Å²) >= 11 is 1.58. The fraction of sp³-hybridized carbons (Fsp3) is 0.600. The molecule has 1 fully saturated rings. The molecule has 1 aromatic heterocycles. The van der Waals surface area contributed by atoms with Crippen molar-refractivity contribution in [2.24, 2.45) is 5.41 Å². The molecule has 2 heterocycles. The summed E-state index contributed by atoms with van der Waals surface area (Å²) < 4.78 is 0. The van der Waals surface area contributed by atoms with E-state index in [1.165, 1.54) is 4.90 Å². The van der Waals surface area contributed by atoms with Crippen LogP contribution in [0.4, 0.5) is 4.79 Å². The van der Waals surface area contributed by atoms with Crippen LogP contribution in [0.5, 0.6) is 0 Å². The number of thiophene rings is 1. The summed E-state index contributed by atoms with van der Waals surface area (Å²) in [5, 5.41) is 14.4. The number of hydrogen-bond acceptors (Lipinski definition) is 3. The minimum atomic E-state index is -0.932. The third kappa shape index (κ3) is 3.37. The highest BCUT2D eigenvalue weighted by Gasteiger charge is 2.44. The molecule has 2 amide bonds. The zero-order valence-corrected chi connectivity index (χ0v) is 13.4. The molecule has 1 saturated heterocycles. The van der Waals surface area contributed by atoms with Crippen molar-refractivity contribution in [3.05, 3.63) is 22.4 Å². The molecule has 0 aromatic carbocycles. The zero-order chi connectivity index (χ0) is 15.6. The summed E-state index contributed by atoms with van der Waals surface area (Å²) in [4.78, 5) is 26.6. The molecule has 116 valence electrons. The van der Waals surface area contributed by atoms with Crippen LogP contribution in [0.25, 0.3) is 0 Å². The Balaban J connectivity index is 2.11. The highest BCUT2D eigenvalue weighted by Crippen LogP contribution is 2.35. The average molecular weight is 310 g/mol. The van der Waals surface area contributed by atoms with Crippen LogP contribution in [0.3, 0.4) is 0 Å². The predicted molar refractivity (Wildman–Crippen MR) is 82.4 cm³/mol. The van der Waals surface area contributed by atoms with E-state index in [2.05, 4.69) is 5.32 Å². The number of nitrogens with one attached hydrogen (secondary N) is 1. The quantitative estimate of drug-likeness (QED) is 0.901. The summed E-state index contributed by atoms with van der Waals surface area (Å²) in [6.07, 6.45) is 1.64. The van der Waals surface area contributed by atoms with E-state index in [4.69, 9.17) is 0 Å². The number of aliphatic carboxylic acids is 1. The van der Waals surface area contributed by atoms with E-state index in [1.807, 2.05) is 38.3 Å². The fourth-order valence-corrected chi connectivity index (χ4v) is 3.69. The van der Waals surface area contributed by atoms with Crippen molar-refractivity contribution in [1.82, 2.24) is 10.2 Å². The lowest BCUT2D eigenvalue weighted by Gasteiger charge is -2.44. The highest BCUT2D eigenvalue weighted by molar-refractivity contribution is 7.10. The topological polar surface area (TPSA) is 69.6 Å². The first-order valence-corrected chi connectivity index (χ1v) is 8.04. The molecule has 0 spiro atoms. The molecule has 0 bridgehead atoms. The maximum atomic E-state index is 12.5. The van der Waals surface area contributed by atoms with Crippen LogP contribution in [0, 0.1) is 5.41 Å². The second kappa shape index (κ2) is 6.05. The van der Waals surface area contributed by atoms with Gasteiger partial charge in [-0.25, -0.2) is 9.59 Å². The summed E-state index contributed by atoms with van der Waals surface area (Å²) in [7, 11) is 0. The number of nitrogens with zero attached hydrogens (tertiary/aromatic N) is 1. The van der Waals surface area contributed by atoms with Gasteiger partial charge in [0.2, 0.25) is 0 Å². The van der Waals surface area contributed by atoms with Crippen LogP contribution in [-0.2, 0) is 4.79 Å². The normalized spacial score (nSPS) is 22.6. The summed E-state index contributed by atoms with van der Waals surface area (Å²) in [5.41, 5.74) is -0.409. The largest absolute Gasteiger partial charge is 0.480 e. The number of carbonyl (C=O) groups excluding carboxylic acids is 1. The van der Waals surface area contributed by atoms with E-state index < -0.39 is 17.4 Å². The van der Waals surface area contributed by atoms with Crippen LogP contribution < -0.4 is 5.32 Å². The molecule has 1 aromatic rings. The number of hydrogen-bond donors (Lipinski definition) is 2. The lowest BCUT2D eigenvalue weighted by molar-refractivity contribution is -0.148. The molecule has 2 rings (SSSR count). The Kier molecular flexibility index (Phi) is 4.56. The molecule has 0 aliphatic carbocycles. The molecule has 6 heteroatoms. The van der Waals surface area contributed by atoms with Gasteiger partial charge in [0.25, 0.3) is 0 Å². The number of carboxylic acids is 1. The Morgan fingerprint density at radius 1 is 1.52 bits per heavy atom. The van der Waals surface area contributed by atoms with Crippen molar-refractivity contribution in [3.63, 3.8) is 0 Å². The van der Waals surface area contributed by atoms with E-state index in [1.54, 1.807) is 11.3 Å². The van der Waals surface area contributed by atoms with E-state index in [-0.39, 0.29) is 12.1 Å². The van der Waals surface area contributed by atoms with E-state index in [9.17, 15) is 14.7 Å². The first-order chi connectivity index (χ1) is 9.83. The number of rotatable bonds is 3. The minimum absolute atomic E-state index is 0.114. The first kappa shape index (κ1) is 15.8. The van der Waals surface area contributed by atoms with Gasteiger partial charge in [-0.15, -0.1) is 11.3 Å². The SMILES string of the molecule is CC(NC(=O)N1CCCC(C)(C)C1C(=O)O)c1cccs1. The van der Waals surface area contributed by atoms with Crippen molar-refractivity contribution in [2.45, 2.75) is 45.7 Å². The van der Waals surface area contributed by atoms with Crippen LogP contribution in [0.1, 0.15) is 44.5 Å². The predicted octanol–water partition coefficient (Wildman–Crippen LogP) is 3.09. The van der Waals surface area contributed by atoms with Crippen molar-refractivity contribution in [1.29, 1.82) is 0 Å². The molecular formula is C15H22N2O3S. The summed E-state index contributed by atoms with van der Waals surface area (Å²) in [6.45, 7) is 6.22. The van der Waals surface area contributed by atoms with Crippen LogP contribution in [0.15, 0.2) is 17.5 Å². The van der Waals surface area contributed by atoms with Gasteiger partial charge in [0.15, 0.2) is 0 Å². The van der Waals surface area contributed by atoms with Gasteiger partial charge in [0.1, 0.15) is 6.04 Å². The molecule has 1 aliphatic rings. The lowest BCUT2D eigenvalue weighted by atomic mass is 9.76. The Morgan fingerprint density at radius 2 is 2.24 bits per heavy atom. The van der Waals surface area contributed by atoms with Crippen molar-refractivity contribution >= 4 is 23.3 Å². The summed E-state index contributed by atoms with van der Waals surface area (Å²) in [6, 6.07) is 2.71. The van der Waals surface area contributed by atoms with Gasteiger partial charge in [-0.3, -0.25) is 0 Å². The highest BCUT2D eigenvalue weighted by atomic mass is 32.1. The molecule has 21 heavy (non-hydrogen) atoms. The van der Waals surface area contributed by atoms with Gasteiger partial charge < -0.3 is 15.3 Å². The number of piperidine rings is 1. The zero-order valence-electron chi connectivity index (χ0n) is 12.6. The van der Waals surface area contributed by atoms with E-state index >= 15 is 0 Å². The molecule has 2 atom stereocenters. The lowest BCUT2D eigenvalue weighted by Crippen LogP contribution is -2.58. The third-order valence-corrected chi connectivity index (χ3v) is 5.13. The number of likely N-dealkylation sites (tertiary alicyclic amines) is 1. The average Bonchev–Trinajstić information content (AvgIpc) is 2.90. The van der Waals surface area contributed by atoms with Crippen LogP contribution in [-0.4, -0.2) is 34.6 Å². The van der Waals surface area contributed by atoms with Gasteiger partial charge in [0.05, 0.1) is 6.04 Å². The van der Waals surface area contributed by atoms with Crippen LogP contribution in [0.2, 0.25) is 0 Å². The monoisotopic (exact) mass is 310 g/mol. The van der Waals surface area contributed by atoms with Crippen LogP contribution >= 0.6 is 11.3 Å². The van der Waals surface area contributed by atoms with E-state index in [0.717, 1.165) is 17.7 Å². The van der Waals surface area contributed by atoms with E-state index in [0.29, 0.717) is 6.54 Å². The maximum Gasteiger partial charge on any atom is 0.327 e. The van der Waals surface area contributed by atoms with Gasteiger partial charge in [0, 0.05) is 11.4 Å². The Hall–Kier alpha value is -1.56. The molecular weight excluding hydrogens is 288 g/mol. The van der Waals surface area contributed by atoms with Gasteiger partial charge in [-0.1, -0.05) is 19.9 Å². The third-order valence-electron chi connectivity index (χ3n) is 4.08. The fourth-order valence-electron chi connectivity index (χ4n) is 2.96. The molecule has 5 nitrogen and oxygen atoms in total. The number of amides is 2. The van der Waals surface area contributed by atoms with Gasteiger partial charge in [-0.05, 0) is 36.6 Å². The number of carboxylic acid groups (broad SMARTS) is 1. The van der Waals surface area contributed by atoms with Crippen molar-refractivity contribution in [2.75, 3.05) is 6.54 Å². The smallest absolute Gasteiger partial charge is 0.327 e. The molecule has 2 N–H and O–H groups in total. The second-order valence-electron chi connectivity index (χ2n) is 6.21. The minimum Gasteiger partial charge on any atom is -0.480 e. The number of urea groups is 1. The number of carbonyl (C=O) groups is 2. The molecule has 1 aliphatic heterocycles.